The number of hydrogen-bond donors (Lipinski definition) is 1. The highest BCUT2D eigenvalue weighted by Gasteiger charge is 2.32. The minimum absolute atomic E-state index is 0.159. The molecule has 0 saturated carbocycles. The second-order valence-corrected chi connectivity index (χ2v) is 12.1. The maximum absolute atomic E-state index is 14.0. The van der Waals surface area contributed by atoms with Gasteiger partial charge in [-0.2, -0.15) is 0 Å². The van der Waals surface area contributed by atoms with Gasteiger partial charge < -0.3 is 10.2 Å². The number of nitrogens with zero attached hydrogens (tertiary/aromatic N) is 2. The van der Waals surface area contributed by atoms with Crippen LogP contribution in [0.4, 0.5) is 5.69 Å². The average molecular weight is 601 g/mol. The molecular formula is C29H34BrN3O4S. The Kier molecular flexibility index (Phi) is 10.5. The van der Waals surface area contributed by atoms with Crippen molar-refractivity contribution in [3.63, 3.8) is 0 Å². The zero-order valence-corrected chi connectivity index (χ0v) is 24.3. The lowest BCUT2D eigenvalue weighted by molar-refractivity contribution is -0.140. The van der Waals surface area contributed by atoms with E-state index in [9.17, 15) is 18.0 Å². The first-order valence-electron chi connectivity index (χ1n) is 12.5. The number of sulfonamides is 1. The first kappa shape index (κ1) is 29.4. The molecule has 38 heavy (non-hydrogen) atoms. The molecule has 1 atom stereocenters. The predicted octanol–water partition coefficient (Wildman–Crippen LogP) is 4.69. The molecule has 0 aromatic heterocycles. The Morgan fingerprint density at radius 2 is 1.63 bits per heavy atom. The number of nitrogens with one attached hydrogen (secondary N) is 1. The number of carbonyl (C=O) groups excluding carboxylic acids is 2. The number of halogens is 1. The summed E-state index contributed by atoms with van der Waals surface area (Å²) in [4.78, 5) is 28.9. The van der Waals surface area contributed by atoms with Crippen LogP contribution in [0.5, 0.6) is 0 Å². The highest BCUT2D eigenvalue weighted by molar-refractivity contribution is 9.10. The van der Waals surface area contributed by atoms with Crippen LogP contribution in [0.3, 0.4) is 0 Å². The summed E-state index contributed by atoms with van der Waals surface area (Å²) in [5.74, 6) is -0.743. The maximum atomic E-state index is 14.0. The third-order valence-electron chi connectivity index (χ3n) is 6.07. The quantitative estimate of drug-likeness (QED) is 0.327. The van der Waals surface area contributed by atoms with Crippen LogP contribution in [-0.4, -0.2) is 50.5 Å². The van der Waals surface area contributed by atoms with Gasteiger partial charge in [0.2, 0.25) is 21.8 Å². The van der Waals surface area contributed by atoms with E-state index < -0.39 is 28.5 Å². The molecule has 0 saturated heterocycles. The van der Waals surface area contributed by atoms with Crippen molar-refractivity contribution in [3.05, 3.63) is 100 Å². The minimum atomic E-state index is -3.80. The molecule has 9 heteroatoms. The summed E-state index contributed by atoms with van der Waals surface area (Å²) in [6.07, 6.45) is 2.12. The van der Waals surface area contributed by atoms with E-state index >= 15 is 0 Å². The fourth-order valence-corrected chi connectivity index (χ4v) is 5.28. The number of hydrogen-bond acceptors (Lipinski definition) is 4. The topological polar surface area (TPSA) is 86.8 Å². The van der Waals surface area contributed by atoms with E-state index in [4.69, 9.17) is 0 Å². The molecule has 3 rings (SSSR count). The molecule has 0 bridgehead atoms. The summed E-state index contributed by atoms with van der Waals surface area (Å²) < 4.78 is 27.4. The number of benzene rings is 3. The molecule has 3 aromatic carbocycles. The number of anilines is 1. The Morgan fingerprint density at radius 3 is 2.24 bits per heavy atom. The van der Waals surface area contributed by atoms with Crippen LogP contribution in [0, 0.1) is 6.92 Å². The largest absolute Gasteiger partial charge is 0.354 e. The van der Waals surface area contributed by atoms with E-state index in [-0.39, 0.29) is 12.5 Å². The van der Waals surface area contributed by atoms with Crippen LogP contribution < -0.4 is 9.62 Å². The van der Waals surface area contributed by atoms with E-state index in [2.05, 4.69) is 21.2 Å². The van der Waals surface area contributed by atoms with Crippen molar-refractivity contribution in [1.82, 2.24) is 10.2 Å². The minimum Gasteiger partial charge on any atom is -0.354 e. The molecule has 0 radical (unpaired) electrons. The molecular weight excluding hydrogens is 566 g/mol. The van der Waals surface area contributed by atoms with E-state index in [1.165, 1.54) is 4.90 Å². The van der Waals surface area contributed by atoms with Gasteiger partial charge in [-0.3, -0.25) is 13.9 Å². The lowest BCUT2D eigenvalue weighted by Crippen LogP contribution is -2.53. The molecule has 0 unspecified atom stereocenters. The molecule has 0 heterocycles. The van der Waals surface area contributed by atoms with Gasteiger partial charge in [0.05, 0.1) is 11.9 Å². The van der Waals surface area contributed by atoms with Gasteiger partial charge in [-0.1, -0.05) is 89.1 Å². The number of aryl methyl sites for hydroxylation is 1. The number of rotatable bonds is 12. The summed E-state index contributed by atoms with van der Waals surface area (Å²) in [6, 6.07) is 23.2. The van der Waals surface area contributed by atoms with Crippen molar-refractivity contribution >= 4 is 43.5 Å². The van der Waals surface area contributed by atoms with Gasteiger partial charge in [-0.15, -0.1) is 0 Å². The fourth-order valence-electron chi connectivity index (χ4n) is 4.06. The third kappa shape index (κ3) is 8.43. The summed E-state index contributed by atoms with van der Waals surface area (Å²) in [5, 5.41) is 2.93. The molecule has 3 aromatic rings. The van der Waals surface area contributed by atoms with Gasteiger partial charge in [0.1, 0.15) is 12.6 Å². The Morgan fingerprint density at radius 1 is 0.947 bits per heavy atom. The van der Waals surface area contributed by atoms with Gasteiger partial charge in [-0.05, 0) is 42.7 Å². The second kappa shape index (κ2) is 13.6. The molecule has 0 aliphatic carbocycles. The smallest absolute Gasteiger partial charge is 0.244 e. The third-order valence-corrected chi connectivity index (χ3v) is 7.70. The van der Waals surface area contributed by atoms with E-state index in [1.54, 1.807) is 24.3 Å². The van der Waals surface area contributed by atoms with Crippen LogP contribution in [0.25, 0.3) is 0 Å². The van der Waals surface area contributed by atoms with E-state index in [0.717, 1.165) is 33.7 Å². The van der Waals surface area contributed by atoms with Crippen molar-refractivity contribution in [1.29, 1.82) is 0 Å². The Hall–Kier alpha value is -3.17. The zero-order chi connectivity index (χ0) is 27.7. The molecule has 0 aliphatic rings. The summed E-state index contributed by atoms with van der Waals surface area (Å²) >= 11 is 3.38. The van der Waals surface area contributed by atoms with Crippen LogP contribution in [-0.2, 0) is 32.6 Å². The highest BCUT2D eigenvalue weighted by atomic mass is 79.9. The van der Waals surface area contributed by atoms with Gasteiger partial charge in [0.15, 0.2) is 0 Å². The SMILES string of the molecule is CCCNC(=O)[C@H](Cc1ccccc1)N(Cc1ccc(C)cc1)C(=O)CN(c1cccc(Br)c1)S(C)(=O)=O. The van der Waals surface area contributed by atoms with Crippen molar-refractivity contribution in [2.24, 2.45) is 0 Å². The van der Waals surface area contributed by atoms with Gasteiger partial charge in [0, 0.05) is 24.0 Å². The molecule has 0 fully saturated rings. The number of carbonyl (C=O) groups is 2. The first-order valence-corrected chi connectivity index (χ1v) is 15.1. The first-order chi connectivity index (χ1) is 18.1. The molecule has 7 nitrogen and oxygen atoms in total. The summed E-state index contributed by atoms with van der Waals surface area (Å²) in [5.41, 5.74) is 3.18. The summed E-state index contributed by atoms with van der Waals surface area (Å²) in [7, 11) is -3.80. The maximum Gasteiger partial charge on any atom is 0.244 e. The van der Waals surface area contributed by atoms with Crippen molar-refractivity contribution in [2.45, 2.75) is 39.3 Å². The number of amides is 2. The van der Waals surface area contributed by atoms with Crippen LogP contribution in [0.2, 0.25) is 0 Å². The fraction of sp³-hybridized carbons (Fsp3) is 0.310. The lowest BCUT2D eigenvalue weighted by Gasteiger charge is -2.33. The zero-order valence-electron chi connectivity index (χ0n) is 21.9. The van der Waals surface area contributed by atoms with E-state index in [0.29, 0.717) is 23.1 Å². The van der Waals surface area contributed by atoms with Gasteiger partial charge >= 0.3 is 0 Å². The van der Waals surface area contributed by atoms with E-state index in [1.807, 2.05) is 68.4 Å². The monoisotopic (exact) mass is 599 g/mol. The van der Waals surface area contributed by atoms with Crippen LogP contribution >= 0.6 is 15.9 Å². The summed E-state index contributed by atoms with van der Waals surface area (Å²) in [6.45, 7) is 4.14. The predicted molar refractivity (Wildman–Crippen MR) is 155 cm³/mol. The molecule has 202 valence electrons. The van der Waals surface area contributed by atoms with Crippen LogP contribution in [0.15, 0.2) is 83.3 Å². The van der Waals surface area contributed by atoms with Crippen molar-refractivity contribution in [3.8, 4) is 0 Å². The van der Waals surface area contributed by atoms with Crippen molar-refractivity contribution in [2.75, 3.05) is 23.7 Å². The normalized spacial score (nSPS) is 12.0. The molecule has 0 spiro atoms. The molecule has 2 amide bonds. The Balaban J connectivity index is 2.03. The average Bonchev–Trinajstić information content (AvgIpc) is 2.88. The van der Waals surface area contributed by atoms with Crippen LogP contribution in [0.1, 0.15) is 30.0 Å². The molecule has 1 N–H and O–H groups in total. The van der Waals surface area contributed by atoms with Crippen molar-refractivity contribution < 1.29 is 18.0 Å². The Labute approximate surface area is 234 Å². The highest BCUT2D eigenvalue weighted by Crippen LogP contribution is 2.23. The standard InChI is InChI=1S/C29H34BrN3O4S/c1-4-17-31-29(35)27(18-23-9-6-5-7-10-23)32(20-24-15-13-22(2)14-16-24)28(34)21-33(38(3,36)37)26-12-8-11-25(30)19-26/h5-16,19,27H,4,17-18,20-21H2,1-3H3,(H,31,35)/t27-/m0/s1. The van der Waals surface area contributed by atoms with Gasteiger partial charge in [0.25, 0.3) is 0 Å². The van der Waals surface area contributed by atoms with Gasteiger partial charge in [-0.25, -0.2) is 8.42 Å². The second-order valence-electron chi connectivity index (χ2n) is 9.25. The Bertz CT molecular complexity index is 1330. The molecule has 0 aliphatic heterocycles. The lowest BCUT2D eigenvalue weighted by atomic mass is 10.0.